The normalized spacial score (nSPS) is 11.1. The Hall–Kier alpha value is -0.570. The van der Waals surface area contributed by atoms with Crippen LogP contribution in [0.4, 0.5) is 0 Å². The molecule has 0 saturated heterocycles. The molecule has 0 bridgehead atoms. The lowest BCUT2D eigenvalue weighted by Gasteiger charge is -2.07. The van der Waals surface area contributed by atoms with Crippen molar-refractivity contribution >= 4 is 5.91 Å². The van der Waals surface area contributed by atoms with Crippen LogP contribution in [0.2, 0.25) is 0 Å². The Morgan fingerprint density at radius 3 is 1.29 bits per heavy atom. The lowest BCUT2D eigenvalue weighted by atomic mass is 10.0. The molecule has 0 radical (unpaired) electrons. The molecule has 0 aromatic heterocycles. The van der Waals surface area contributed by atoms with Gasteiger partial charge in [0.2, 0.25) is 5.91 Å². The lowest BCUT2D eigenvalue weighted by molar-refractivity contribution is -0.120. The van der Waals surface area contributed by atoms with Gasteiger partial charge >= 0.3 is 0 Å². The van der Waals surface area contributed by atoms with Crippen LogP contribution in [-0.2, 0) is 4.79 Å². The molecular weight excluding hydrogens is 344 g/mol. The molecule has 3 nitrogen and oxygen atoms in total. The molecule has 3 heteroatoms. The first kappa shape index (κ1) is 27.4. The molecule has 0 aliphatic carbocycles. The van der Waals surface area contributed by atoms with Gasteiger partial charge in [0, 0.05) is 6.54 Å². The monoisotopic (exact) mass is 396 g/mol. The second-order valence-corrected chi connectivity index (χ2v) is 8.54. The number of hydrogen-bond acceptors (Lipinski definition) is 2. The molecule has 1 amide bonds. The van der Waals surface area contributed by atoms with Crippen molar-refractivity contribution in [1.82, 2.24) is 10.6 Å². The SMILES string of the molecule is CCCCCCCCCCCCCCCCNCC(=O)NCCCCCCC. The van der Waals surface area contributed by atoms with Gasteiger partial charge in [0.05, 0.1) is 6.54 Å². The van der Waals surface area contributed by atoms with E-state index in [1.807, 2.05) is 0 Å². The zero-order valence-corrected chi connectivity index (χ0v) is 19.5. The third-order valence-corrected chi connectivity index (χ3v) is 5.60. The van der Waals surface area contributed by atoms with Crippen molar-refractivity contribution in [3.8, 4) is 0 Å². The van der Waals surface area contributed by atoms with E-state index < -0.39 is 0 Å². The van der Waals surface area contributed by atoms with Gasteiger partial charge < -0.3 is 10.6 Å². The van der Waals surface area contributed by atoms with Crippen LogP contribution in [0.15, 0.2) is 0 Å². The van der Waals surface area contributed by atoms with Gasteiger partial charge in [-0.15, -0.1) is 0 Å². The molecule has 2 N–H and O–H groups in total. The molecule has 0 aliphatic heterocycles. The first-order valence-corrected chi connectivity index (χ1v) is 12.8. The molecule has 0 aromatic rings. The van der Waals surface area contributed by atoms with Crippen LogP contribution in [0.5, 0.6) is 0 Å². The molecular formula is C25H52N2O. The van der Waals surface area contributed by atoms with E-state index in [-0.39, 0.29) is 5.91 Å². The molecule has 0 heterocycles. The average Bonchev–Trinajstić information content (AvgIpc) is 2.70. The van der Waals surface area contributed by atoms with Crippen LogP contribution in [0.1, 0.15) is 136 Å². The Balaban J connectivity index is 3.10. The summed E-state index contributed by atoms with van der Waals surface area (Å²) in [5, 5.41) is 6.29. The van der Waals surface area contributed by atoms with E-state index in [1.165, 1.54) is 116 Å². The minimum atomic E-state index is 0.154. The fraction of sp³-hybridized carbons (Fsp3) is 0.960. The Morgan fingerprint density at radius 1 is 0.500 bits per heavy atom. The molecule has 0 unspecified atom stereocenters. The summed E-state index contributed by atoms with van der Waals surface area (Å²) in [7, 11) is 0. The smallest absolute Gasteiger partial charge is 0.233 e. The third-order valence-electron chi connectivity index (χ3n) is 5.60. The first-order valence-electron chi connectivity index (χ1n) is 12.8. The molecule has 0 fully saturated rings. The minimum absolute atomic E-state index is 0.154. The standard InChI is InChI=1S/C25H52N2O/c1-3-5-7-9-10-11-12-13-14-15-16-17-19-20-22-26-24-25(28)27-23-21-18-8-6-4-2/h26H,3-24H2,1-2H3,(H,27,28). The topological polar surface area (TPSA) is 41.1 Å². The van der Waals surface area contributed by atoms with Gasteiger partial charge in [-0.05, 0) is 19.4 Å². The number of unbranched alkanes of at least 4 members (excludes halogenated alkanes) is 17. The zero-order valence-electron chi connectivity index (χ0n) is 19.5. The number of hydrogen-bond donors (Lipinski definition) is 2. The highest BCUT2D eigenvalue weighted by Crippen LogP contribution is 2.12. The number of carbonyl (C=O) groups is 1. The zero-order chi connectivity index (χ0) is 20.5. The molecule has 28 heavy (non-hydrogen) atoms. The van der Waals surface area contributed by atoms with Crippen molar-refractivity contribution < 1.29 is 4.79 Å². The second kappa shape index (κ2) is 24.5. The van der Waals surface area contributed by atoms with E-state index in [0.717, 1.165) is 19.5 Å². The minimum Gasteiger partial charge on any atom is -0.355 e. The maximum atomic E-state index is 11.7. The van der Waals surface area contributed by atoms with Gasteiger partial charge in [-0.1, -0.05) is 123 Å². The van der Waals surface area contributed by atoms with E-state index in [4.69, 9.17) is 0 Å². The van der Waals surface area contributed by atoms with Crippen molar-refractivity contribution in [3.63, 3.8) is 0 Å². The van der Waals surface area contributed by atoms with Crippen molar-refractivity contribution in [3.05, 3.63) is 0 Å². The van der Waals surface area contributed by atoms with Crippen LogP contribution < -0.4 is 10.6 Å². The number of rotatable bonds is 23. The van der Waals surface area contributed by atoms with E-state index >= 15 is 0 Å². The van der Waals surface area contributed by atoms with Gasteiger partial charge in [-0.3, -0.25) is 4.79 Å². The van der Waals surface area contributed by atoms with Gasteiger partial charge in [0.1, 0.15) is 0 Å². The van der Waals surface area contributed by atoms with Crippen LogP contribution in [-0.4, -0.2) is 25.5 Å². The molecule has 0 atom stereocenters. The third kappa shape index (κ3) is 23.5. The summed E-state index contributed by atoms with van der Waals surface area (Å²) in [5.74, 6) is 0.154. The Kier molecular flexibility index (Phi) is 24.0. The fourth-order valence-corrected chi connectivity index (χ4v) is 3.67. The number of carbonyl (C=O) groups excluding carboxylic acids is 1. The highest BCUT2D eigenvalue weighted by molar-refractivity contribution is 5.77. The van der Waals surface area contributed by atoms with E-state index in [0.29, 0.717) is 6.54 Å². The number of nitrogens with one attached hydrogen (secondary N) is 2. The van der Waals surface area contributed by atoms with Gasteiger partial charge in [0.25, 0.3) is 0 Å². The largest absolute Gasteiger partial charge is 0.355 e. The Morgan fingerprint density at radius 2 is 0.857 bits per heavy atom. The van der Waals surface area contributed by atoms with E-state index in [1.54, 1.807) is 0 Å². The van der Waals surface area contributed by atoms with Gasteiger partial charge in [0.15, 0.2) is 0 Å². The predicted octanol–water partition coefficient (Wildman–Crippen LogP) is 7.14. The number of amides is 1. The first-order chi connectivity index (χ1) is 13.8. The molecule has 0 saturated carbocycles. The van der Waals surface area contributed by atoms with E-state index in [9.17, 15) is 4.79 Å². The van der Waals surface area contributed by atoms with Crippen molar-refractivity contribution in [2.24, 2.45) is 0 Å². The molecule has 168 valence electrons. The summed E-state index contributed by atoms with van der Waals surface area (Å²) >= 11 is 0. The van der Waals surface area contributed by atoms with Gasteiger partial charge in [-0.2, -0.15) is 0 Å². The Bertz CT molecular complexity index is 307. The molecule has 0 aromatic carbocycles. The van der Waals surface area contributed by atoms with Gasteiger partial charge in [-0.25, -0.2) is 0 Å². The second-order valence-electron chi connectivity index (χ2n) is 8.54. The Labute approximate surface area is 177 Å². The van der Waals surface area contributed by atoms with Crippen LogP contribution in [0.3, 0.4) is 0 Å². The highest BCUT2D eigenvalue weighted by Gasteiger charge is 1.99. The average molecular weight is 397 g/mol. The van der Waals surface area contributed by atoms with Crippen LogP contribution >= 0.6 is 0 Å². The lowest BCUT2D eigenvalue weighted by Crippen LogP contribution is -2.34. The highest BCUT2D eigenvalue weighted by atomic mass is 16.1. The van der Waals surface area contributed by atoms with Crippen molar-refractivity contribution in [2.45, 2.75) is 136 Å². The molecule has 0 spiro atoms. The molecule has 0 aliphatic rings. The summed E-state index contributed by atoms with van der Waals surface area (Å²) in [4.78, 5) is 11.7. The maximum Gasteiger partial charge on any atom is 0.233 e. The molecule has 0 rings (SSSR count). The summed E-state index contributed by atoms with van der Waals surface area (Å²) in [6, 6.07) is 0. The van der Waals surface area contributed by atoms with Crippen LogP contribution in [0.25, 0.3) is 0 Å². The fourth-order valence-electron chi connectivity index (χ4n) is 3.67. The van der Waals surface area contributed by atoms with Crippen molar-refractivity contribution in [1.29, 1.82) is 0 Å². The van der Waals surface area contributed by atoms with Crippen LogP contribution in [0, 0.1) is 0 Å². The summed E-state index contributed by atoms with van der Waals surface area (Å²) < 4.78 is 0. The quantitative estimate of drug-likeness (QED) is 0.180. The van der Waals surface area contributed by atoms with Crippen molar-refractivity contribution in [2.75, 3.05) is 19.6 Å². The summed E-state index contributed by atoms with van der Waals surface area (Å²) in [6.45, 7) is 6.80. The maximum absolute atomic E-state index is 11.7. The summed E-state index contributed by atoms with van der Waals surface area (Å²) in [6.07, 6.45) is 25.7. The summed E-state index contributed by atoms with van der Waals surface area (Å²) in [5.41, 5.74) is 0. The predicted molar refractivity (Wildman–Crippen MR) is 125 cm³/mol. The van der Waals surface area contributed by atoms with E-state index in [2.05, 4.69) is 24.5 Å².